The van der Waals surface area contributed by atoms with Crippen molar-refractivity contribution in [2.24, 2.45) is 5.92 Å². The number of sulfonamides is 1. The van der Waals surface area contributed by atoms with Crippen molar-refractivity contribution in [3.8, 4) is 0 Å². The van der Waals surface area contributed by atoms with E-state index in [1.807, 2.05) is 6.07 Å². The number of halogens is 2. The summed E-state index contributed by atoms with van der Waals surface area (Å²) in [6, 6.07) is 14.3. The van der Waals surface area contributed by atoms with Crippen LogP contribution in [0.4, 0.5) is 13.9 Å². The lowest BCUT2D eigenvalue weighted by Gasteiger charge is -2.33. The molecule has 1 unspecified atom stereocenters. The molecule has 7 nitrogen and oxygen atoms in total. The number of rotatable bonds is 6. The Morgan fingerprint density at radius 2 is 1.86 bits per heavy atom. The molecule has 4 aromatic rings. The average Bonchev–Trinajstić information content (AvgIpc) is 3.31. The fourth-order valence-electron chi connectivity index (χ4n) is 4.23. The van der Waals surface area contributed by atoms with E-state index in [0.717, 1.165) is 12.1 Å². The zero-order valence-electron chi connectivity index (χ0n) is 19.0. The molecule has 11 heteroatoms. The number of piperidine rings is 1. The summed E-state index contributed by atoms with van der Waals surface area (Å²) in [6.45, 7) is 0.407. The number of hydrogen-bond acceptors (Lipinski definition) is 6. The highest BCUT2D eigenvalue weighted by atomic mass is 32.2. The highest BCUT2D eigenvalue weighted by Crippen LogP contribution is 2.33. The van der Waals surface area contributed by atoms with Crippen molar-refractivity contribution in [1.29, 1.82) is 0 Å². The molecule has 1 amide bonds. The second-order valence-electron chi connectivity index (χ2n) is 8.51. The second kappa shape index (κ2) is 10.00. The summed E-state index contributed by atoms with van der Waals surface area (Å²) in [7, 11) is -3.89. The fraction of sp³-hybridized carbons (Fsp3) is 0.240. The number of thiazole rings is 1. The number of anilines is 1. The van der Waals surface area contributed by atoms with Crippen LogP contribution in [0.5, 0.6) is 0 Å². The quantitative estimate of drug-likeness (QED) is 0.365. The van der Waals surface area contributed by atoms with Crippen molar-refractivity contribution >= 4 is 42.6 Å². The molecular formula is C25H22F2N4O3S2. The molecule has 1 aliphatic rings. The zero-order valence-corrected chi connectivity index (χ0v) is 20.7. The Morgan fingerprint density at radius 1 is 1.08 bits per heavy atom. The van der Waals surface area contributed by atoms with Gasteiger partial charge in [0.05, 0.1) is 33.3 Å². The summed E-state index contributed by atoms with van der Waals surface area (Å²) in [5.41, 5.74) is 1.21. The first-order chi connectivity index (χ1) is 17.3. The lowest BCUT2D eigenvalue weighted by Crippen LogP contribution is -2.46. The molecule has 2 aromatic carbocycles. The maximum Gasteiger partial charge on any atom is 0.243 e. The van der Waals surface area contributed by atoms with Crippen LogP contribution in [0.3, 0.4) is 0 Å². The number of carbonyl (C=O) groups is 1. The standard InChI is InChI=1S/C25H22F2N4O3S2/c26-18-6-9-21(10-7-18)36(33,34)30-13-3-4-17(15-30)24(32)31(16-20-5-1-2-12-28-20)25-29-22-11-8-19(27)14-23(22)35-25/h1-2,5-12,14,17H,3-4,13,15-16H2. The number of amides is 1. The van der Waals surface area contributed by atoms with Crippen LogP contribution in [0.25, 0.3) is 10.2 Å². The summed E-state index contributed by atoms with van der Waals surface area (Å²) in [5, 5.41) is 0.393. The molecular weight excluding hydrogens is 506 g/mol. The zero-order chi connectivity index (χ0) is 25.3. The van der Waals surface area contributed by atoms with E-state index in [2.05, 4.69) is 9.97 Å². The maximum atomic E-state index is 13.8. The van der Waals surface area contributed by atoms with Gasteiger partial charge in [-0.3, -0.25) is 14.7 Å². The fourth-order valence-corrected chi connectivity index (χ4v) is 6.75. The number of benzene rings is 2. The van der Waals surface area contributed by atoms with Gasteiger partial charge >= 0.3 is 0 Å². The van der Waals surface area contributed by atoms with Crippen LogP contribution >= 0.6 is 11.3 Å². The molecule has 0 spiro atoms. The molecule has 0 N–H and O–H groups in total. The second-order valence-corrected chi connectivity index (χ2v) is 11.5. The van der Waals surface area contributed by atoms with Gasteiger partial charge in [0.2, 0.25) is 15.9 Å². The monoisotopic (exact) mass is 528 g/mol. The van der Waals surface area contributed by atoms with Crippen molar-refractivity contribution in [3.05, 3.63) is 84.2 Å². The van der Waals surface area contributed by atoms with Gasteiger partial charge in [-0.2, -0.15) is 4.31 Å². The molecule has 36 heavy (non-hydrogen) atoms. The van der Waals surface area contributed by atoms with Gasteiger partial charge in [0.1, 0.15) is 11.6 Å². The van der Waals surface area contributed by atoms with E-state index in [1.54, 1.807) is 24.4 Å². The van der Waals surface area contributed by atoms with E-state index in [9.17, 15) is 22.0 Å². The number of fused-ring (bicyclic) bond motifs is 1. The van der Waals surface area contributed by atoms with E-state index in [-0.39, 0.29) is 30.4 Å². The average molecular weight is 529 g/mol. The van der Waals surface area contributed by atoms with E-state index < -0.39 is 27.6 Å². The smallest absolute Gasteiger partial charge is 0.243 e. The first-order valence-electron chi connectivity index (χ1n) is 11.3. The summed E-state index contributed by atoms with van der Waals surface area (Å²) in [4.78, 5) is 24.2. The molecule has 1 saturated heterocycles. The number of aromatic nitrogens is 2. The minimum atomic E-state index is -3.89. The highest BCUT2D eigenvalue weighted by Gasteiger charge is 2.36. The Morgan fingerprint density at radius 3 is 2.61 bits per heavy atom. The predicted octanol–water partition coefficient (Wildman–Crippen LogP) is 4.60. The highest BCUT2D eigenvalue weighted by molar-refractivity contribution is 7.89. The molecule has 5 rings (SSSR count). The third kappa shape index (κ3) is 4.99. The topological polar surface area (TPSA) is 83.5 Å². The van der Waals surface area contributed by atoms with Crippen molar-refractivity contribution in [1.82, 2.24) is 14.3 Å². The predicted molar refractivity (Wildman–Crippen MR) is 133 cm³/mol. The Balaban J connectivity index is 1.44. The van der Waals surface area contributed by atoms with Crippen molar-refractivity contribution in [2.75, 3.05) is 18.0 Å². The Hall–Kier alpha value is -3.28. The Bertz CT molecular complexity index is 1500. The third-order valence-corrected chi connectivity index (χ3v) is 8.99. The van der Waals surface area contributed by atoms with E-state index in [4.69, 9.17) is 0 Å². The van der Waals surface area contributed by atoms with Gasteiger partial charge in [0.25, 0.3) is 0 Å². The van der Waals surface area contributed by atoms with Crippen LogP contribution in [0, 0.1) is 17.6 Å². The first kappa shape index (κ1) is 24.4. The number of nitrogens with zero attached hydrogens (tertiary/aromatic N) is 4. The van der Waals surface area contributed by atoms with Gasteiger partial charge in [-0.25, -0.2) is 22.2 Å². The Kier molecular flexibility index (Phi) is 6.78. The van der Waals surface area contributed by atoms with Crippen LogP contribution in [0.2, 0.25) is 0 Å². The lowest BCUT2D eigenvalue weighted by atomic mass is 9.98. The van der Waals surface area contributed by atoms with Gasteiger partial charge in [0, 0.05) is 19.3 Å². The van der Waals surface area contributed by atoms with Gasteiger partial charge in [-0.05, 0) is 67.4 Å². The molecule has 1 aliphatic heterocycles. The lowest BCUT2D eigenvalue weighted by molar-refractivity contribution is -0.123. The Labute approximate surface area is 211 Å². The minimum absolute atomic E-state index is 0.00319. The van der Waals surface area contributed by atoms with Gasteiger partial charge in [-0.15, -0.1) is 0 Å². The number of carbonyl (C=O) groups excluding carboxylic acids is 1. The maximum absolute atomic E-state index is 13.8. The van der Waals surface area contributed by atoms with Crippen LogP contribution in [-0.4, -0.2) is 41.7 Å². The molecule has 1 atom stereocenters. The molecule has 2 aromatic heterocycles. The normalized spacial score (nSPS) is 16.8. The minimum Gasteiger partial charge on any atom is -0.282 e. The molecule has 3 heterocycles. The van der Waals surface area contributed by atoms with Crippen LogP contribution in [0.1, 0.15) is 18.5 Å². The van der Waals surface area contributed by atoms with Gasteiger partial charge < -0.3 is 0 Å². The largest absolute Gasteiger partial charge is 0.282 e. The summed E-state index contributed by atoms with van der Waals surface area (Å²) >= 11 is 1.19. The van der Waals surface area contributed by atoms with Crippen LogP contribution in [0.15, 0.2) is 71.8 Å². The summed E-state index contributed by atoms with van der Waals surface area (Å²) in [6.07, 6.45) is 2.63. The summed E-state index contributed by atoms with van der Waals surface area (Å²) in [5.74, 6) is -1.81. The van der Waals surface area contributed by atoms with Crippen molar-refractivity contribution in [2.45, 2.75) is 24.3 Å². The van der Waals surface area contributed by atoms with Crippen LogP contribution < -0.4 is 4.90 Å². The third-order valence-electron chi connectivity index (χ3n) is 6.07. The molecule has 0 bridgehead atoms. The SMILES string of the molecule is O=C(C1CCCN(S(=O)(=O)c2ccc(F)cc2)C1)N(Cc1ccccn1)c1nc2ccc(F)cc2s1. The molecule has 0 radical (unpaired) electrons. The molecule has 0 aliphatic carbocycles. The van der Waals surface area contributed by atoms with E-state index in [0.29, 0.717) is 33.9 Å². The van der Waals surface area contributed by atoms with Gasteiger partial charge in [-0.1, -0.05) is 17.4 Å². The number of hydrogen-bond donors (Lipinski definition) is 0. The van der Waals surface area contributed by atoms with Crippen molar-refractivity contribution < 1.29 is 22.0 Å². The van der Waals surface area contributed by atoms with E-state index in [1.165, 1.54) is 44.8 Å². The molecule has 1 fully saturated rings. The van der Waals surface area contributed by atoms with Crippen molar-refractivity contribution in [3.63, 3.8) is 0 Å². The van der Waals surface area contributed by atoms with Crippen LogP contribution in [-0.2, 0) is 21.4 Å². The summed E-state index contributed by atoms with van der Waals surface area (Å²) < 4.78 is 55.3. The van der Waals surface area contributed by atoms with E-state index >= 15 is 0 Å². The molecule has 0 saturated carbocycles. The number of pyridine rings is 1. The first-order valence-corrected chi connectivity index (χ1v) is 13.6. The van der Waals surface area contributed by atoms with Gasteiger partial charge in [0.15, 0.2) is 5.13 Å². The molecule has 186 valence electrons.